The van der Waals surface area contributed by atoms with Crippen LogP contribution in [0, 0.1) is 0 Å². The number of carbonyl (C=O) groups excluding carboxylic acids is 1. The number of pyridine rings is 1. The summed E-state index contributed by atoms with van der Waals surface area (Å²) >= 11 is 8.96. The number of ether oxygens (including phenoxy) is 1. The third-order valence-electron chi connectivity index (χ3n) is 1.76. The molecule has 0 spiro atoms. The maximum atomic E-state index is 11.4. The number of halogens is 2. The molecule has 0 saturated carbocycles. The number of hydrogen-bond donors (Lipinski definition) is 1. The number of carbonyl (C=O) groups is 1. The van der Waals surface area contributed by atoms with E-state index in [1.54, 1.807) is 6.07 Å². The Morgan fingerprint density at radius 2 is 2.44 bits per heavy atom. The van der Waals surface area contributed by atoms with Crippen molar-refractivity contribution in [1.82, 2.24) is 4.98 Å². The molecule has 6 heteroatoms. The summed E-state index contributed by atoms with van der Waals surface area (Å²) in [4.78, 5) is 15.3. The van der Waals surface area contributed by atoms with Crippen molar-refractivity contribution >= 4 is 39.1 Å². The van der Waals surface area contributed by atoms with Crippen LogP contribution in [-0.4, -0.2) is 24.1 Å². The summed E-state index contributed by atoms with van der Waals surface area (Å²) in [7, 11) is 0. The Morgan fingerprint density at radius 1 is 1.69 bits per heavy atom. The summed E-state index contributed by atoms with van der Waals surface area (Å²) in [6.45, 7) is 2.92. The van der Waals surface area contributed by atoms with Crippen molar-refractivity contribution in [2.75, 3.05) is 18.5 Å². The van der Waals surface area contributed by atoms with E-state index in [1.807, 2.05) is 6.92 Å². The first-order chi connectivity index (χ1) is 7.63. The highest BCUT2D eigenvalue weighted by molar-refractivity contribution is 9.10. The van der Waals surface area contributed by atoms with Crippen molar-refractivity contribution in [2.24, 2.45) is 0 Å². The maximum Gasteiger partial charge on any atom is 0.226 e. The highest BCUT2D eigenvalue weighted by atomic mass is 79.9. The Labute approximate surface area is 107 Å². The molecule has 0 atom stereocenters. The van der Waals surface area contributed by atoms with Crippen LogP contribution in [0.2, 0.25) is 5.15 Å². The van der Waals surface area contributed by atoms with Gasteiger partial charge in [-0.2, -0.15) is 0 Å². The van der Waals surface area contributed by atoms with E-state index < -0.39 is 0 Å². The monoisotopic (exact) mass is 306 g/mol. The fourth-order valence-electron chi connectivity index (χ4n) is 1.02. The molecule has 88 valence electrons. The van der Waals surface area contributed by atoms with Gasteiger partial charge in [-0.25, -0.2) is 4.98 Å². The van der Waals surface area contributed by atoms with Gasteiger partial charge in [0, 0.05) is 6.61 Å². The van der Waals surface area contributed by atoms with E-state index >= 15 is 0 Å². The van der Waals surface area contributed by atoms with Crippen LogP contribution in [-0.2, 0) is 9.53 Å². The van der Waals surface area contributed by atoms with Gasteiger partial charge < -0.3 is 10.1 Å². The highest BCUT2D eigenvalue weighted by Gasteiger charge is 2.04. The molecule has 1 aromatic rings. The zero-order valence-corrected chi connectivity index (χ0v) is 11.1. The molecule has 16 heavy (non-hydrogen) atoms. The number of amides is 1. The lowest BCUT2D eigenvalue weighted by molar-refractivity contribution is -0.117. The molecule has 0 radical (unpaired) electrons. The first-order valence-corrected chi connectivity index (χ1v) is 5.99. The van der Waals surface area contributed by atoms with E-state index in [9.17, 15) is 4.79 Å². The summed E-state index contributed by atoms with van der Waals surface area (Å²) in [5.41, 5.74) is 0.609. The van der Waals surface area contributed by atoms with Crippen molar-refractivity contribution < 1.29 is 9.53 Å². The van der Waals surface area contributed by atoms with Gasteiger partial charge in [0.1, 0.15) is 5.15 Å². The summed E-state index contributed by atoms with van der Waals surface area (Å²) in [5, 5.41) is 3.07. The Kier molecular flexibility index (Phi) is 5.73. The van der Waals surface area contributed by atoms with E-state index in [-0.39, 0.29) is 5.91 Å². The smallest absolute Gasteiger partial charge is 0.226 e. The number of rotatable bonds is 5. The van der Waals surface area contributed by atoms with Crippen molar-refractivity contribution in [2.45, 2.75) is 13.3 Å². The maximum absolute atomic E-state index is 11.4. The summed E-state index contributed by atoms with van der Waals surface area (Å²) in [6, 6.07) is 1.70. The minimum absolute atomic E-state index is 0.107. The molecule has 1 N–H and O–H groups in total. The van der Waals surface area contributed by atoms with Crippen LogP contribution in [0.3, 0.4) is 0 Å². The molecule has 1 heterocycles. The fourth-order valence-corrected chi connectivity index (χ4v) is 1.47. The summed E-state index contributed by atoms with van der Waals surface area (Å²) in [6.07, 6.45) is 1.83. The normalized spacial score (nSPS) is 10.2. The van der Waals surface area contributed by atoms with Crippen LogP contribution >= 0.6 is 27.5 Å². The molecule has 1 aromatic heterocycles. The molecule has 0 aliphatic rings. The molecule has 0 bridgehead atoms. The Balaban J connectivity index is 2.46. The van der Waals surface area contributed by atoms with E-state index in [0.29, 0.717) is 34.9 Å². The third-order valence-corrected chi connectivity index (χ3v) is 2.89. The minimum Gasteiger partial charge on any atom is -0.381 e. The van der Waals surface area contributed by atoms with Gasteiger partial charge in [0.05, 0.1) is 29.4 Å². The van der Waals surface area contributed by atoms with E-state index in [2.05, 4.69) is 26.2 Å². The van der Waals surface area contributed by atoms with Crippen molar-refractivity contribution in [3.05, 3.63) is 21.9 Å². The number of nitrogens with one attached hydrogen (secondary N) is 1. The van der Waals surface area contributed by atoms with Gasteiger partial charge in [-0.3, -0.25) is 4.79 Å². The quantitative estimate of drug-likeness (QED) is 0.672. The topological polar surface area (TPSA) is 51.2 Å². The Bertz CT molecular complexity index is 374. The molecule has 1 amide bonds. The number of hydrogen-bond acceptors (Lipinski definition) is 3. The van der Waals surface area contributed by atoms with Crippen molar-refractivity contribution in [3.63, 3.8) is 0 Å². The van der Waals surface area contributed by atoms with Crippen LogP contribution in [0.1, 0.15) is 13.3 Å². The molecular formula is C10H12BrClN2O2. The van der Waals surface area contributed by atoms with Crippen LogP contribution in [0.25, 0.3) is 0 Å². The molecule has 0 saturated heterocycles. The van der Waals surface area contributed by atoms with Crippen LogP contribution in [0.15, 0.2) is 16.7 Å². The average molecular weight is 308 g/mol. The van der Waals surface area contributed by atoms with Crippen LogP contribution < -0.4 is 5.32 Å². The molecule has 0 aromatic carbocycles. The highest BCUT2D eigenvalue weighted by Crippen LogP contribution is 2.22. The van der Waals surface area contributed by atoms with E-state index in [1.165, 1.54) is 6.20 Å². The van der Waals surface area contributed by atoms with E-state index in [4.69, 9.17) is 16.3 Å². The number of nitrogens with zero attached hydrogens (tertiary/aromatic N) is 1. The van der Waals surface area contributed by atoms with Crippen molar-refractivity contribution in [1.29, 1.82) is 0 Å². The molecular weight excluding hydrogens is 295 g/mol. The van der Waals surface area contributed by atoms with Gasteiger partial charge >= 0.3 is 0 Å². The molecule has 4 nitrogen and oxygen atoms in total. The Hall–Kier alpha value is -0.650. The number of anilines is 1. The predicted molar refractivity (Wildman–Crippen MR) is 66.7 cm³/mol. The first kappa shape index (κ1) is 13.4. The fraction of sp³-hybridized carbons (Fsp3) is 0.400. The zero-order chi connectivity index (χ0) is 12.0. The second kappa shape index (κ2) is 6.83. The van der Waals surface area contributed by atoms with E-state index in [0.717, 1.165) is 0 Å². The van der Waals surface area contributed by atoms with Gasteiger partial charge in [0.25, 0.3) is 0 Å². The summed E-state index contributed by atoms with van der Waals surface area (Å²) < 4.78 is 5.73. The standard InChI is InChI=1S/C10H12BrClN2O2/c1-2-16-4-3-9(15)14-7-5-8(11)10(12)13-6-7/h5-6H,2-4H2,1H3,(H,14,15). The Morgan fingerprint density at radius 3 is 3.06 bits per heavy atom. The lowest BCUT2D eigenvalue weighted by Crippen LogP contribution is -2.14. The minimum atomic E-state index is -0.107. The molecule has 0 unspecified atom stereocenters. The number of aromatic nitrogens is 1. The van der Waals surface area contributed by atoms with Gasteiger partial charge in [-0.1, -0.05) is 11.6 Å². The lowest BCUT2D eigenvalue weighted by atomic mass is 10.3. The van der Waals surface area contributed by atoms with Gasteiger partial charge in [0.2, 0.25) is 5.91 Å². The zero-order valence-electron chi connectivity index (χ0n) is 8.80. The molecule has 0 fully saturated rings. The second-order valence-corrected chi connectivity index (χ2v) is 4.20. The molecule has 1 rings (SSSR count). The van der Waals surface area contributed by atoms with Crippen molar-refractivity contribution in [3.8, 4) is 0 Å². The summed E-state index contributed by atoms with van der Waals surface area (Å²) in [5.74, 6) is -0.107. The van der Waals surface area contributed by atoms with Crippen LogP contribution in [0.5, 0.6) is 0 Å². The molecule has 0 aliphatic heterocycles. The third kappa shape index (κ3) is 4.47. The second-order valence-electron chi connectivity index (χ2n) is 2.99. The first-order valence-electron chi connectivity index (χ1n) is 4.82. The van der Waals surface area contributed by atoms with Crippen LogP contribution in [0.4, 0.5) is 5.69 Å². The van der Waals surface area contributed by atoms with Gasteiger partial charge in [0.15, 0.2) is 0 Å². The van der Waals surface area contributed by atoms with Gasteiger partial charge in [-0.05, 0) is 28.9 Å². The average Bonchev–Trinajstić information content (AvgIpc) is 2.24. The SMILES string of the molecule is CCOCCC(=O)Nc1cnc(Cl)c(Br)c1. The largest absolute Gasteiger partial charge is 0.381 e. The molecule has 0 aliphatic carbocycles. The predicted octanol–water partition coefficient (Wildman–Crippen LogP) is 2.86. The lowest BCUT2D eigenvalue weighted by Gasteiger charge is -2.05. The van der Waals surface area contributed by atoms with Gasteiger partial charge in [-0.15, -0.1) is 0 Å².